The van der Waals surface area contributed by atoms with E-state index in [0.29, 0.717) is 5.41 Å². The van der Waals surface area contributed by atoms with Crippen LogP contribution in [0.15, 0.2) is 12.7 Å². The van der Waals surface area contributed by atoms with Gasteiger partial charge in [0, 0.05) is 4.83 Å². The number of hydrogen-bond donors (Lipinski definition) is 0. The van der Waals surface area contributed by atoms with E-state index in [4.69, 9.17) is 0 Å². The van der Waals surface area contributed by atoms with E-state index in [0.717, 1.165) is 22.6 Å². The maximum Gasteiger partial charge on any atom is 0.0233 e. The van der Waals surface area contributed by atoms with Crippen molar-refractivity contribution in [3.63, 3.8) is 0 Å². The molecule has 4 saturated carbocycles. The lowest BCUT2D eigenvalue weighted by atomic mass is 9.49. The smallest absolute Gasteiger partial charge is 0.0233 e. The van der Waals surface area contributed by atoms with Crippen molar-refractivity contribution in [2.24, 2.45) is 23.2 Å². The van der Waals surface area contributed by atoms with Crippen molar-refractivity contribution in [3.8, 4) is 0 Å². The fourth-order valence-corrected chi connectivity index (χ4v) is 5.71. The maximum absolute atomic E-state index is 3.99. The minimum absolute atomic E-state index is 0.608. The molecule has 0 spiro atoms. The lowest BCUT2D eigenvalue weighted by Crippen LogP contribution is -2.53. The van der Waals surface area contributed by atoms with Gasteiger partial charge in [0.05, 0.1) is 0 Å². The molecule has 0 N–H and O–H groups in total. The predicted octanol–water partition coefficient (Wildman–Crippen LogP) is 4.15. The first-order chi connectivity index (χ1) is 6.73. The molecule has 3 atom stereocenters. The molecule has 14 heavy (non-hydrogen) atoms. The minimum atomic E-state index is 0.608. The van der Waals surface area contributed by atoms with Crippen LogP contribution in [0, 0.1) is 23.2 Å². The third-order valence-electron chi connectivity index (χ3n) is 4.88. The highest BCUT2D eigenvalue weighted by atomic mass is 79.9. The van der Waals surface area contributed by atoms with Crippen LogP contribution >= 0.6 is 15.9 Å². The van der Waals surface area contributed by atoms with Crippen LogP contribution in [0.4, 0.5) is 0 Å². The Morgan fingerprint density at radius 1 is 1.21 bits per heavy atom. The standard InChI is InChI=1S/C13H19Br/c1-2-3-13-7-9-4-10(8-13)6-11(5-9)12(13)14/h2,9-12H,1,3-8H2. The maximum atomic E-state index is 3.99. The molecule has 0 aromatic heterocycles. The summed E-state index contributed by atoms with van der Waals surface area (Å²) in [6.45, 7) is 3.95. The minimum Gasteiger partial charge on any atom is -0.103 e. The summed E-state index contributed by atoms with van der Waals surface area (Å²) in [5, 5.41) is 0. The highest BCUT2D eigenvalue weighted by molar-refractivity contribution is 9.09. The summed E-state index contributed by atoms with van der Waals surface area (Å²) in [6, 6.07) is 0. The summed E-state index contributed by atoms with van der Waals surface area (Å²) < 4.78 is 0. The Labute approximate surface area is 95.3 Å². The van der Waals surface area contributed by atoms with Gasteiger partial charge in [0.15, 0.2) is 0 Å². The Balaban J connectivity index is 1.93. The summed E-state index contributed by atoms with van der Waals surface area (Å²) in [7, 11) is 0. The molecule has 0 saturated heterocycles. The molecule has 4 aliphatic rings. The first-order valence-electron chi connectivity index (χ1n) is 5.98. The summed E-state index contributed by atoms with van der Waals surface area (Å²) in [6.07, 6.45) is 10.9. The van der Waals surface area contributed by atoms with Crippen LogP contribution in [0.1, 0.15) is 38.5 Å². The Morgan fingerprint density at radius 3 is 2.43 bits per heavy atom. The van der Waals surface area contributed by atoms with Gasteiger partial charge in [-0.15, -0.1) is 6.58 Å². The van der Waals surface area contributed by atoms with E-state index >= 15 is 0 Å². The van der Waals surface area contributed by atoms with Crippen LogP contribution in [0.25, 0.3) is 0 Å². The molecule has 0 radical (unpaired) electrons. The quantitative estimate of drug-likeness (QED) is 0.513. The average molecular weight is 255 g/mol. The molecule has 4 fully saturated rings. The molecule has 0 aliphatic heterocycles. The normalized spacial score (nSPS) is 54.9. The Bertz CT molecular complexity index is 244. The molecule has 78 valence electrons. The molecule has 0 nitrogen and oxygen atoms in total. The zero-order chi connectivity index (χ0) is 9.76. The second-order valence-corrected chi connectivity index (χ2v) is 6.85. The predicted molar refractivity (Wildman–Crippen MR) is 63.5 cm³/mol. The zero-order valence-corrected chi connectivity index (χ0v) is 10.3. The molecular formula is C13H19Br. The molecule has 4 aliphatic carbocycles. The van der Waals surface area contributed by atoms with Gasteiger partial charge >= 0.3 is 0 Å². The van der Waals surface area contributed by atoms with Crippen molar-refractivity contribution in [1.29, 1.82) is 0 Å². The van der Waals surface area contributed by atoms with Crippen LogP contribution in [0.3, 0.4) is 0 Å². The topological polar surface area (TPSA) is 0 Å². The number of halogens is 1. The van der Waals surface area contributed by atoms with E-state index in [9.17, 15) is 0 Å². The van der Waals surface area contributed by atoms with Crippen molar-refractivity contribution in [3.05, 3.63) is 12.7 Å². The van der Waals surface area contributed by atoms with Gasteiger partial charge in [0.2, 0.25) is 0 Å². The first kappa shape index (κ1) is 9.45. The monoisotopic (exact) mass is 254 g/mol. The molecule has 0 aromatic rings. The van der Waals surface area contributed by atoms with Crippen LogP contribution in [0.2, 0.25) is 0 Å². The summed E-state index contributed by atoms with van der Waals surface area (Å²) >= 11 is 3.99. The van der Waals surface area contributed by atoms with Crippen molar-refractivity contribution in [1.82, 2.24) is 0 Å². The van der Waals surface area contributed by atoms with Crippen molar-refractivity contribution in [2.75, 3.05) is 0 Å². The lowest BCUT2D eigenvalue weighted by Gasteiger charge is -2.59. The summed E-state index contributed by atoms with van der Waals surface area (Å²) in [5.41, 5.74) is 0.608. The number of allylic oxidation sites excluding steroid dienone is 1. The average Bonchev–Trinajstić information content (AvgIpc) is 2.13. The molecule has 0 amide bonds. The molecule has 1 heteroatoms. The highest BCUT2D eigenvalue weighted by Gasteiger charge is 2.55. The van der Waals surface area contributed by atoms with Gasteiger partial charge in [0.1, 0.15) is 0 Å². The van der Waals surface area contributed by atoms with Gasteiger partial charge in [-0.05, 0) is 61.7 Å². The van der Waals surface area contributed by atoms with E-state index in [1.807, 2.05) is 0 Å². The first-order valence-corrected chi connectivity index (χ1v) is 6.90. The largest absolute Gasteiger partial charge is 0.103 e. The van der Waals surface area contributed by atoms with E-state index in [2.05, 4.69) is 28.6 Å². The van der Waals surface area contributed by atoms with Crippen molar-refractivity contribution in [2.45, 2.75) is 43.4 Å². The number of alkyl halides is 1. The summed E-state index contributed by atoms with van der Waals surface area (Å²) in [4.78, 5) is 0.792. The zero-order valence-electron chi connectivity index (χ0n) is 8.71. The third-order valence-corrected chi connectivity index (χ3v) is 6.60. The third kappa shape index (κ3) is 1.17. The van der Waals surface area contributed by atoms with E-state index in [1.165, 1.54) is 38.5 Å². The molecule has 4 rings (SSSR count). The second kappa shape index (κ2) is 3.10. The molecule has 0 heterocycles. The van der Waals surface area contributed by atoms with Gasteiger partial charge < -0.3 is 0 Å². The fraction of sp³-hybridized carbons (Fsp3) is 0.846. The molecular weight excluding hydrogens is 236 g/mol. The van der Waals surface area contributed by atoms with E-state index < -0.39 is 0 Å². The van der Waals surface area contributed by atoms with Gasteiger partial charge in [-0.25, -0.2) is 0 Å². The Hall–Kier alpha value is 0.220. The van der Waals surface area contributed by atoms with Gasteiger partial charge in [-0.1, -0.05) is 22.0 Å². The molecule has 3 unspecified atom stereocenters. The van der Waals surface area contributed by atoms with Crippen LogP contribution < -0.4 is 0 Å². The highest BCUT2D eigenvalue weighted by Crippen LogP contribution is 2.63. The van der Waals surface area contributed by atoms with Gasteiger partial charge in [0.25, 0.3) is 0 Å². The van der Waals surface area contributed by atoms with Crippen molar-refractivity contribution < 1.29 is 0 Å². The number of rotatable bonds is 2. The van der Waals surface area contributed by atoms with Crippen molar-refractivity contribution >= 4 is 15.9 Å². The molecule has 0 aromatic carbocycles. The number of hydrogen-bond acceptors (Lipinski definition) is 0. The van der Waals surface area contributed by atoms with Crippen LogP contribution in [-0.2, 0) is 0 Å². The second-order valence-electron chi connectivity index (χ2n) is 5.86. The van der Waals surface area contributed by atoms with Crippen LogP contribution in [0.5, 0.6) is 0 Å². The molecule has 4 bridgehead atoms. The summed E-state index contributed by atoms with van der Waals surface area (Å²) in [5.74, 6) is 3.10. The Kier molecular flexibility index (Phi) is 2.09. The van der Waals surface area contributed by atoms with Crippen LogP contribution in [-0.4, -0.2) is 4.83 Å². The van der Waals surface area contributed by atoms with Gasteiger partial charge in [-0.2, -0.15) is 0 Å². The SMILES string of the molecule is C=CCC12CC3CC(CC(C3)C1Br)C2. The Morgan fingerprint density at radius 2 is 1.86 bits per heavy atom. The van der Waals surface area contributed by atoms with E-state index in [1.54, 1.807) is 0 Å². The lowest BCUT2D eigenvalue weighted by molar-refractivity contribution is -0.0408. The van der Waals surface area contributed by atoms with Gasteiger partial charge in [-0.3, -0.25) is 0 Å². The fourth-order valence-electron chi connectivity index (χ4n) is 4.71. The van der Waals surface area contributed by atoms with E-state index in [-0.39, 0.29) is 0 Å².